The number of carbonyl (C=O) groups excluding carboxylic acids is 1. The number of halogens is 1. The van der Waals surface area contributed by atoms with Gasteiger partial charge in [-0.25, -0.2) is 0 Å². The van der Waals surface area contributed by atoms with Crippen molar-refractivity contribution in [3.05, 3.63) is 11.7 Å². The number of nitrogens with zero attached hydrogens (tertiary/aromatic N) is 3. The second-order valence-corrected chi connectivity index (χ2v) is 5.44. The summed E-state index contributed by atoms with van der Waals surface area (Å²) in [5.41, 5.74) is 0. The molecule has 22 heavy (non-hydrogen) atoms. The number of rotatable bonds is 7. The van der Waals surface area contributed by atoms with Crippen LogP contribution in [-0.4, -0.2) is 54.2 Å². The third-order valence-electron chi connectivity index (χ3n) is 3.79. The van der Waals surface area contributed by atoms with Gasteiger partial charge in [-0.2, -0.15) is 4.98 Å². The number of ether oxygens (including phenoxy) is 1. The highest BCUT2D eigenvalue weighted by Gasteiger charge is 2.22. The summed E-state index contributed by atoms with van der Waals surface area (Å²) in [6.45, 7) is 4.71. The number of hydrogen-bond acceptors (Lipinski definition) is 6. The van der Waals surface area contributed by atoms with Crippen LogP contribution in [0.1, 0.15) is 31.0 Å². The predicted octanol–water partition coefficient (Wildman–Crippen LogP) is 1.16. The predicted molar refractivity (Wildman–Crippen MR) is 83.8 cm³/mol. The van der Waals surface area contributed by atoms with Crippen molar-refractivity contribution < 1.29 is 14.1 Å². The van der Waals surface area contributed by atoms with Gasteiger partial charge in [0.2, 0.25) is 5.91 Å². The molecule has 0 spiro atoms. The average Bonchev–Trinajstić information content (AvgIpc) is 2.91. The number of aryl methyl sites for hydroxylation is 1. The minimum atomic E-state index is 0. The SMILES string of the molecule is CNCCC1CCN(C(=O)COCc2nc(C)no2)CC1.Cl. The minimum Gasteiger partial charge on any atom is -0.362 e. The molecular weight excluding hydrogens is 308 g/mol. The quantitative estimate of drug-likeness (QED) is 0.807. The van der Waals surface area contributed by atoms with Gasteiger partial charge in [-0.1, -0.05) is 5.16 Å². The smallest absolute Gasteiger partial charge is 0.252 e. The number of carbonyl (C=O) groups is 1. The van der Waals surface area contributed by atoms with Crippen LogP contribution in [0.15, 0.2) is 4.52 Å². The zero-order valence-corrected chi connectivity index (χ0v) is 14.0. The lowest BCUT2D eigenvalue weighted by atomic mass is 9.93. The van der Waals surface area contributed by atoms with Crippen LogP contribution < -0.4 is 5.32 Å². The van der Waals surface area contributed by atoms with Crippen molar-refractivity contribution in [2.45, 2.75) is 32.8 Å². The monoisotopic (exact) mass is 332 g/mol. The number of amides is 1. The van der Waals surface area contributed by atoms with Gasteiger partial charge >= 0.3 is 0 Å². The summed E-state index contributed by atoms with van der Waals surface area (Å²) in [6.07, 6.45) is 3.35. The van der Waals surface area contributed by atoms with Crippen molar-refractivity contribution in [3.63, 3.8) is 0 Å². The molecule has 1 aromatic rings. The summed E-state index contributed by atoms with van der Waals surface area (Å²) < 4.78 is 10.3. The molecule has 1 aromatic heterocycles. The molecule has 1 amide bonds. The maximum atomic E-state index is 12.0. The van der Waals surface area contributed by atoms with E-state index in [1.807, 2.05) is 11.9 Å². The van der Waals surface area contributed by atoms with Gasteiger partial charge in [0.25, 0.3) is 5.89 Å². The van der Waals surface area contributed by atoms with Crippen molar-refractivity contribution in [2.75, 3.05) is 33.3 Å². The standard InChI is InChI=1S/C14H24N4O3.ClH/c1-11-16-13(21-17-11)9-20-10-14(19)18-7-4-12(5-8-18)3-6-15-2;/h12,15H,3-10H2,1-2H3;1H. The van der Waals surface area contributed by atoms with Crippen LogP contribution >= 0.6 is 12.4 Å². The molecule has 8 heteroatoms. The van der Waals surface area contributed by atoms with Gasteiger partial charge in [0.1, 0.15) is 13.2 Å². The van der Waals surface area contributed by atoms with Crippen molar-refractivity contribution >= 4 is 18.3 Å². The van der Waals surface area contributed by atoms with E-state index >= 15 is 0 Å². The highest BCUT2D eigenvalue weighted by molar-refractivity contribution is 5.85. The normalized spacial score (nSPS) is 15.6. The van der Waals surface area contributed by atoms with E-state index in [0.29, 0.717) is 11.7 Å². The molecule has 0 saturated carbocycles. The summed E-state index contributed by atoms with van der Waals surface area (Å²) in [6, 6.07) is 0. The van der Waals surface area contributed by atoms with Crippen molar-refractivity contribution in [1.29, 1.82) is 0 Å². The molecule has 1 fully saturated rings. The molecule has 1 N–H and O–H groups in total. The Balaban J connectivity index is 0.00000242. The number of nitrogens with one attached hydrogen (secondary N) is 1. The zero-order chi connectivity index (χ0) is 15.1. The first-order valence-electron chi connectivity index (χ1n) is 7.48. The van der Waals surface area contributed by atoms with E-state index in [-0.39, 0.29) is 31.5 Å². The molecule has 0 bridgehead atoms. The van der Waals surface area contributed by atoms with Gasteiger partial charge in [-0.3, -0.25) is 4.79 Å². The Morgan fingerprint density at radius 3 is 2.77 bits per heavy atom. The van der Waals surface area contributed by atoms with Gasteiger partial charge in [0.15, 0.2) is 5.82 Å². The highest BCUT2D eigenvalue weighted by Crippen LogP contribution is 2.20. The second kappa shape index (κ2) is 9.76. The van der Waals surface area contributed by atoms with E-state index in [0.717, 1.165) is 38.4 Å². The van der Waals surface area contributed by atoms with Crippen molar-refractivity contribution in [1.82, 2.24) is 20.4 Å². The molecule has 0 unspecified atom stereocenters. The van der Waals surface area contributed by atoms with Gasteiger partial charge < -0.3 is 19.5 Å². The van der Waals surface area contributed by atoms with Crippen LogP contribution in [0.5, 0.6) is 0 Å². The zero-order valence-electron chi connectivity index (χ0n) is 13.2. The van der Waals surface area contributed by atoms with E-state index in [9.17, 15) is 4.79 Å². The maximum Gasteiger partial charge on any atom is 0.252 e. The molecule has 0 atom stereocenters. The third kappa shape index (κ3) is 5.90. The number of piperidine rings is 1. The molecule has 0 aromatic carbocycles. The van der Waals surface area contributed by atoms with E-state index in [1.54, 1.807) is 6.92 Å². The lowest BCUT2D eigenvalue weighted by Gasteiger charge is -2.32. The topological polar surface area (TPSA) is 80.5 Å². The fourth-order valence-corrected chi connectivity index (χ4v) is 2.54. The minimum absolute atomic E-state index is 0. The number of likely N-dealkylation sites (tertiary alicyclic amines) is 1. The fourth-order valence-electron chi connectivity index (χ4n) is 2.54. The molecule has 126 valence electrons. The molecule has 1 aliphatic heterocycles. The maximum absolute atomic E-state index is 12.0. The van der Waals surface area contributed by atoms with E-state index in [2.05, 4.69) is 15.5 Å². The van der Waals surface area contributed by atoms with Crippen LogP contribution in [0.3, 0.4) is 0 Å². The van der Waals surface area contributed by atoms with Crippen LogP contribution in [0.25, 0.3) is 0 Å². The molecule has 2 heterocycles. The molecule has 1 aliphatic rings. The van der Waals surface area contributed by atoms with Gasteiger partial charge in [0, 0.05) is 13.1 Å². The van der Waals surface area contributed by atoms with Crippen LogP contribution in [-0.2, 0) is 16.1 Å². The Morgan fingerprint density at radius 1 is 1.45 bits per heavy atom. The lowest BCUT2D eigenvalue weighted by Crippen LogP contribution is -2.40. The first-order chi connectivity index (χ1) is 10.2. The number of aromatic nitrogens is 2. The van der Waals surface area contributed by atoms with Gasteiger partial charge in [0.05, 0.1) is 0 Å². The third-order valence-corrected chi connectivity index (χ3v) is 3.79. The van der Waals surface area contributed by atoms with Gasteiger partial charge in [-0.15, -0.1) is 12.4 Å². The molecule has 2 rings (SSSR count). The Labute approximate surface area is 137 Å². The van der Waals surface area contributed by atoms with E-state index < -0.39 is 0 Å². The Hall–Kier alpha value is -1.18. The molecule has 7 nitrogen and oxygen atoms in total. The van der Waals surface area contributed by atoms with Crippen molar-refractivity contribution in [3.8, 4) is 0 Å². The van der Waals surface area contributed by atoms with E-state index in [4.69, 9.17) is 9.26 Å². The summed E-state index contributed by atoms with van der Waals surface area (Å²) >= 11 is 0. The van der Waals surface area contributed by atoms with Crippen molar-refractivity contribution in [2.24, 2.45) is 5.92 Å². The summed E-state index contributed by atoms with van der Waals surface area (Å²) in [5, 5.41) is 6.84. The van der Waals surface area contributed by atoms with Crippen LogP contribution in [0.4, 0.5) is 0 Å². The fraction of sp³-hybridized carbons (Fsp3) is 0.786. The molecule has 0 radical (unpaired) electrons. The second-order valence-electron chi connectivity index (χ2n) is 5.44. The van der Waals surface area contributed by atoms with Gasteiger partial charge in [-0.05, 0) is 45.7 Å². The molecule has 1 saturated heterocycles. The summed E-state index contributed by atoms with van der Waals surface area (Å²) in [7, 11) is 1.97. The molecule has 0 aliphatic carbocycles. The first kappa shape index (κ1) is 18.9. The largest absolute Gasteiger partial charge is 0.362 e. The lowest BCUT2D eigenvalue weighted by molar-refractivity contribution is -0.138. The van der Waals surface area contributed by atoms with E-state index in [1.165, 1.54) is 6.42 Å². The van der Waals surface area contributed by atoms with Crippen LogP contribution in [0.2, 0.25) is 0 Å². The Kier molecular flexibility index (Phi) is 8.37. The first-order valence-corrected chi connectivity index (χ1v) is 7.48. The Morgan fingerprint density at radius 2 is 2.18 bits per heavy atom. The summed E-state index contributed by atoms with van der Waals surface area (Å²) in [5.74, 6) is 1.75. The average molecular weight is 333 g/mol. The number of hydrogen-bond donors (Lipinski definition) is 1. The highest BCUT2D eigenvalue weighted by atomic mass is 35.5. The van der Waals surface area contributed by atoms with Crippen LogP contribution in [0, 0.1) is 12.8 Å². The summed E-state index contributed by atoms with van der Waals surface area (Å²) in [4.78, 5) is 17.9. The molecular formula is C14H25ClN4O3. The Bertz CT molecular complexity index is 447.